The van der Waals surface area contributed by atoms with Crippen LogP contribution in [-0.2, 0) is 4.79 Å². The Labute approximate surface area is 104 Å². The second-order valence-corrected chi connectivity index (χ2v) is 5.51. The molecule has 2 atom stereocenters. The van der Waals surface area contributed by atoms with Gasteiger partial charge in [0.15, 0.2) is 0 Å². The maximum Gasteiger partial charge on any atom is 0.222 e. The standard InChI is InChI=1S/C13H25N3O/c1-15-13(17)10-5-7-16(8-6-10)12-4-2-3-11(14)9-12/h10-12H,2-9,14H2,1H3,(H,15,17). The zero-order valence-corrected chi connectivity index (χ0v) is 10.8. The van der Waals surface area contributed by atoms with Gasteiger partial charge in [-0.2, -0.15) is 0 Å². The van der Waals surface area contributed by atoms with E-state index in [2.05, 4.69) is 10.2 Å². The second-order valence-electron chi connectivity index (χ2n) is 5.51. The molecule has 1 heterocycles. The molecule has 3 N–H and O–H groups in total. The quantitative estimate of drug-likeness (QED) is 0.746. The molecule has 0 radical (unpaired) electrons. The Morgan fingerprint density at radius 1 is 1.24 bits per heavy atom. The highest BCUT2D eigenvalue weighted by atomic mass is 16.1. The number of nitrogens with two attached hydrogens (primary N) is 1. The van der Waals surface area contributed by atoms with Gasteiger partial charge in [-0.25, -0.2) is 0 Å². The number of carbonyl (C=O) groups excluding carboxylic acids is 1. The Balaban J connectivity index is 1.80. The van der Waals surface area contributed by atoms with Crippen LogP contribution >= 0.6 is 0 Å². The van der Waals surface area contributed by atoms with Crippen LogP contribution in [0.5, 0.6) is 0 Å². The fourth-order valence-corrected chi connectivity index (χ4v) is 3.26. The van der Waals surface area contributed by atoms with Crippen molar-refractivity contribution in [2.75, 3.05) is 20.1 Å². The van der Waals surface area contributed by atoms with Crippen LogP contribution < -0.4 is 11.1 Å². The average Bonchev–Trinajstić information content (AvgIpc) is 2.38. The van der Waals surface area contributed by atoms with Gasteiger partial charge < -0.3 is 16.0 Å². The van der Waals surface area contributed by atoms with Crippen LogP contribution in [0.1, 0.15) is 38.5 Å². The van der Waals surface area contributed by atoms with E-state index in [1.54, 1.807) is 7.05 Å². The normalized spacial score (nSPS) is 32.4. The van der Waals surface area contributed by atoms with Gasteiger partial charge in [-0.15, -0.1) is 0 Å². The molecule has 98 valence electrons. The van der Waals surface area contributed by atoms with Crippen molar-refractivity contribution in [3.05, 3.63) is 0 Å². The second kappa shape index (κ2) is 5.83. The largest absolute Gasteiger partial charge is 0.359 e. The van der Waals surface area contributed by atoms with Crippen LogP contribution in [0.3, 0.4) is 0 Å². The molecule has 2 rings (SSSR count). The summed E-state index contributed by atoms with van der Waals surface area (Å²) in [5.74, 6) is 0.443. The molecule has 2 unspecified atom stereocenters. The van der Waals surface area contributed by atoms with Gasteiger partial charge in [0, 0.05) is 25.0 Å². The van der Waals surface area contributed by atoms with Crippen molar-refractivity contribution in [2.24, 2.45) is 11.7 Å². The molecule has 0 aromatic rings. The molecule has 1 aliphatic heterocycles. The first-order valence-electron chi connectivity index (χ1n) is 6.92. The summed E-state index contributed by atoms with van der Waals surface area (Å²) >= 11 is 0. The summed E-state index contributed by atoms with van der Waals surface area (Å²) in [5, 5.41) is 2.76. The molecular weight excluding hydrogens is 214 g/mol. The number of amides is 1. The summed E-state index contributed by atoms with van der Waals surface area (Å²) in [4.78, 5) is 14.1. The van der Waals surface area contributed by atoms with E-state index < -0.39 is 0 Å². The summed E-state index contributed by atoms with van der Waals surface area (Å²) < 4.78 is 0. The zero-order valence-electron chi connectivity index (χ0n) is 10.8. The molecule has 1 saturated heterocycles. The smallest absolute Gasteiger partial charge is 0.222 e. The van der Waals surface area contributed by atoms with Crippen LogP contribution in [0, 0.1) is 5.92 Å². The van der Waals surface area contributed by atoms with E-state index in [-0.39, 0.29) is 11.8 Å². The van der Waals surface area contributed by atoms with E-state index in [0.29, 0.717) is 12.1 Å². The molecular formula is C13H25N3O. The lowest BCUT2D eigenvalue weighted by Gasteiger charge is -2.40. The van der Waals surface area contributed by atoms with Crippen molar-refractivity contribution in [3.8, 4) is 0 Å². The highest BCUT2D eigenvalue weighted by Gasteiger charge is 2.30. The van der Waals surface area contributed by atoms with Crippen molar-refractivity contribution in [2.45, 2.75) is 50.6 Å². The fraction of sp³-hybridized carbons (Fsp3) is 0.923. The van der Waals surface area contributed by atoms with Crippen molar-refractivity contribution in [1.82, 2.24) is 10.2 Å². The number of piperidine rings is 1. The van der Waals surface area contributed by atoms with Crippen LogP contribution in [0.2, 0.25) is 0 Å². The first-order valence-corrected chi connectivity index (χ1v) is 6.92. The van der Waals surface area contributed by atoms with Gasteiger partial charge in [0.05, 0.1) is 0 Å². The van der Waals surface area contributed by atoms with Gasteiger partial charge >= 0.3 is 0 Å². The lowest BCUT2D eigenvalue weighted by atomic mass is 9.88. The van der Waals surface area contributed by atoms with E-state index in [4.69, 9.17) is 5.73 Å². The van der Waals surface area contributed by atoms with E-state index in [1.807, 2.05) is 0 Å². The van der Waals surface area contributed by atoms with E-state index >= 15 is 0 Å². The van der Waals surface area contributed by atoms with Crippen LogP contribution in [0.25, 0.3) is 0 Å². The monoisotopic (exact) mass is 239 g/mol. The van der Waals surface area contributed by atoms with Crippen molar-refractivity contribution in [1.29, 1.82) is 0 Å². The summed E-state index contributed by atoms with van der Waals surface area (Å²) in [6.45, 7) is 2.13. The number of rotatable bonds is 2. The summed E-state index contributed by atoms with van der Waals surface area (Å²) in [6, 6.07) is 1.06. The maximum absolute atomic E-state index is 11.6. The predicted octanol–water partition coefficient (Wildman–Crippen LogP) is 0.714. The SMILES string of the molecule is CNC(=O)C1CCN(C2CCCC(N)C2)CC1. The molecule has 1 aliphatic carbocycles. The third-order valence-electron chi connectivity index (χ3n) is 4.35. The lowest BCUT2D eigenvalue weighted by Crippen LogP contribution is -2.47. The maximum atomic E-state index is 11.6. The zero-order chi connectivity index (χ0) is 12.3. The third kappa shape index (κ3) is 3.19. The molecule has 0 aromatic carbocycles. The molecule has 1 amide bonds. The minimum Gasteiger partial charge on any atom is -0.359 e. The number of nitrogens with one attached hydrogen (secondary N) is 1. The van der Waals surface area contributed by atoms with Gasteiger partial charge in [-0.05, 0) is 45.2 Å². The molecule has 4 heteroatoms. The van der Waals surface area contributed by atoms with Crippen molar-refractivity contribution >= 4 is 5.91 Å². The predicted molar refractivity (Wildman–Crippen MR) is 68.6 cm³/mol. The van der Waals surface area contributed by atoms with E-state index in [9.17, 15) is 4.79 Å². The summed E-state index contributed by atoms with van der Waals surface area (Å²) in [6.07, 6.45) is 6.90. The van der Waals surface area contributed by atoms with E-state index in [1.165, 1.54) is 19.3 Å². The number of hydrogen-bond acceptors (Lipinski definition) is 3. The highest BCUT2D eigenvalue weighted by molar-refractivity contribution is 5.78. The number of nitrogens with zero attached hydrogens (tertiary/aromatic N) is 1. The van der Waals surface area contributed by atoms with Crippen molar-refractivity contribution < 1.29 is 4.79 Å². The Morgan fingerprint density at radius 2 is 1.94 bits per heavy atom. The minimum atomic E-state index is 0.213. The number of hydrogen-bond donors (Lipinski definition) is 2. The molecule has 2 aliphatic rings. The molecule has 1 saturated carbocycles. The van der Waals surface area contributed by atoms with Crippen LogP contribution in [-0.4, -0.2) is 43.0 Å². The molecule has 0 aromatic heterocycles. The van der Waals surface area contributed by atoms with Gasteiger partial charge in [0.1, 0.15) is 0 Å². The Kier molecular flexibility index (Phi) is 4.40. The van der Waals surface area contributed by atoms with Gasteiger partial charge in [0.2, 0.25) is 5.91 Å². The average molecular weight is 239 g/mol. The molecule has 4 nitrogen and oxygen atoms in total. The first kappa shape index (κ1) is 12.8. The molecule has 2 fully saturated rings. The number of likely N-dealkylation sites (tertiary alicyclic amines) is 1. The van der Waals surface area contributed by atoms with E-state index in [0.717, 1.165) is 32.4 Å². The molecule has 0 bridgehead atoms. The van der Waals surface area contributed by atoms with Gasteiger partial charge in [0.25, 0.3) is 0 Å². The fourth-order valence-electron chi connectivity index (χ4n) is 3.26. The Hall–Kier alpha value is -0.610. The van der Waals surface area contributed by atoms with Gasteiger partial charge in [-0.1, -0.05) is 6.42 Å². The highest BCUT2D eigenvalue weighted by Crippen LogP contribution is 2.26. The lowest BCUT2D eigenvalue weighted by molar-refractivity contribution is -0.126. The topological polar surface area (TPSA) is 58.4 Å². The molecule has 0 spiro atoms. The number of carbonyl (C=O) groups is 1. The molecule has 17 heavy (non-hydrogen) atoms. The Bertz CT molecular complexity index is 261. The Morgan fingerprint density at radius 3 is 2.53 bits per heavy atom. The summed E-state index contributed by atoms with van der Waals surface area (Å²) in [7, 11) is 1.73. The minimum absolute atomic E-state index is 0.213. The van der Waals surface area contributed by atoms with Crippen molar-refractivity contribution in [3.63, 3.8) is 0 Å². The third-order valence-corrected chi connectivity index (χ3v) is 4.35. The summed E-state index contributed by atoms with van der Waals surface area (Å²) in [5.41, 5.74) is 6.04. The first-order chi connectivity index (χ1) is 8.20. The van der Waals surface area contributed by atoms with Crippen LogP contribution in [0.15, 0.2) is 0 Å². The van der Waals surface area contributed by atoms with Crippen LogP contribution in [0.4, 0.5) is 0 Å². The van der Waals surface area contributed by atoms with Gasteiger partial charge in [-0.3, -0.25) is 4.79 Å².